The molecule has 0 saturated heterocycles. The lowest BCUT2D eigenvalue weighted by atomic mass is 9.80. The summed E-state index contributed by atoms with van der Waals surface area (Å²) in [7, 11) is 3.90. The van der Waals surface area contributed by atoms with Gasteiger partial charge < -0.3 is 9.52 Å². The van der Waals surface area contributed by atoms with E-state index >= 15 is 0 Å². The molecule has 2 N–H and O–H groups in total. The predicted octanol–water partition coefficient (Wildman–Crippen LogP) is 2.53. The van der Waals surface area contributed by atoms with Crippen molar-refractivity contribution in [1.82, 2.24) is 10.3 Å². The van der Waals surface area contributed by atoms with Crippen molar-refractivity contribution in [2.75, 3.05) is 20.6 Å². The molecular weight excluding hydrogens is 366 g/mol. The van der Waals surface area contributed by atoms with Crippen LogP contribution in [0.2, 0.25) is 0 Å². The molecule has 2 aliphatic rings. The summed E-state index contributed by atoms with van der Waals surface area (Å²) in [4.78, 5) is 6.60. The minimum Gasteiger partial charge on any atom is -0.508 e. The zero-order valence-corrected chi connectivity index (χ0v) is 16.0. The van der Waals surface area contributed by atoms with Crippen molar-refractivity contribution in [3.63, 3.8) is 0 Å². The molecule has 0 spiro atoms. The standard InChI is InChI=1S/C22H19N5O2/c1-27(2)11-3-4-16-9-10-19(29-16)20-17(12-23)21(14-5-7-15(28)8-6-14)25-22-18(20)13-24-26-22/h5-10,13,18,20,28H,11H2,1-2H3,(H,25,26). The second kappa shape index (κ2) is 7.67. The number of furan rings is 1. The molecule has 2 aromatic rings. The van der Waals surface area contributed by atoms with E-state index in [-0.39, 0.29) is 17.6 Å². The lowest BCUT2D eigenvalue weighted by Crippen LogP contribution is -2.30. The molecule has 2 unspecified atom stereocenters. The van der Waals surface area contributed by atoms with Crippen molar-refractivity contribution in [2.45, 2.75) is 5.92 Å². The van der Waals surface area contributed by atoms with Gasteiger partial charge in [-0.05, 0) is 56.4 Å². The number of phenols is 1. The highest BCUT2D eigenvalue weighted by Gasteiger charge is 2.40. The van der Waals surface area contributed by atoms with Crippen molar-refractivity contribution in [1.29, 1.82) is 5.26 Å². The lowest BCUT2D eigenvalue weighted by molar-refractivity contribution is 0.460. The van der Waals surface area contributed by atoms with Crippen molar-refractivity contribution >= 4 is 17.7 Å². The molecule has 0 radical (unpaired) electrons. The number of phenolic OH excluding ortho intramolecular Hbond substituents is 1. The zero-order chi connectivity index (χ0) is 20.4. The van der Waals surface area contributed by atoms with E-state index in [9.17, 15) is 10.4 Å². The first-order valence-corrected chi connectivity index (χ1v) is 9.11. The highest BCUT2D eigenvalue weighted by Crippen LogP contribution is 2.42. The number of aromatic hydroxyl groups is 1. The van der Waals surface area contributed by atoms with E-state index < -0.39 is 0 Å². The highest BCUT2D eigenvalue weighted by atomic mass is 16.3. The number of amidine groups is 1. The first-order chi connectivity index (χ1) is 14.1. The van der Waals surface area contributed by atoms with Crippen molar-refractivity contribution < 1.29 is 9.52 Å². The van der Waals surface area contributed by atoms with E-state index in [1.807, 2.05) is 31.1 Å². The van der Waals surface area contributed by atoms with Crippen molar-refractivity contribution in [3.8, 4) is 23.7 Å². The van der Waals surface area contributed by atoms with Crippen LogP contribution in [0.3, 0.4) is 0 Å². The van der Waals surface area contributed by atoms with Crippen LogP contribution in [-0.2, 0) is 0 Å². The average molecular weight is 385 g/mol. The summed E-state index contributed by atoms with van der Waals surface area (Å²) >= 11 is 0. The first kappa shape index (κ1) is 18.5. The summed E-state index contributed by atoms with van der Waals surface area (Å²) in [5, 5.41) is 23.7. The van der Waals surface area contributed by atoms with Crippen LogP contribution in [0, 0.1) is 29.1 Å². The van der Waals surface area contributed by atoms with Gasteiger partial charge in [0.15, 0.2) is 5.76 Å². The topological polar surface area (TPSA) is 97.2 Å². The molecule has 4 rings (SSSR count). The number of hydrogen-bond donors (Lipinski definition) is 2. The fourth-order valence-corrected chi connectivity index (χ4v) is 3.33. The molecule has 0 saturated carbocycles. The van der Waals surface area contributed by atoms with Crippen LogP contribution in [0.25, 0.3) is 5.70 Å². The zero-order valence-electron chi connectivity index (χ0n) is 16.0. The number of nitrogens with zero attached hydrogens (tertiary/aromatic N) is 4. The number of aliphatic imine (C=N–C) groups is 1. The van der Waals surface area contributed by atoms with E-state index in [0.29, 0.717) is 35.2 Å². The van der Waals surface area contributed by atoms with Crippen LogP contribution in [0.4, 0.5) is 0 Å². The van der Waals surface area contributed by atoms with Gasteiger partial charge in [0.2, 0.25) is 0 Å². The Morgan fingerprint density at radius 3 is 2.72 bits per heavy atom. The van der Waals surface area contributed by atoms with Gasteiger partial charge >= 0.3 is 0 Å². The Hall–Kier alpha value is -3.81. The Kier molecular flexibility index (Phi) is 4.90. The monoisotopic (exact) mass is 385 g/mol. The van der Waals surface area contributed by atoms with Gasteiger partial charge in [-0.15, -0.1) is 0 Å². The number of fused-ring (bicyclic) bond motifs is 1. The van der Waals surface area contributed by atoms with Gasteiger partial charge in [-0.2, -0.15) is 10.4 Å². The van der Waals surface area contributed by atoms with Crippen LogP contribution in [0.15, 0.2) is 56.5 Å². The highest BCUT2D eigenvalue weighted by molar-refractivity contribution is 6.06. The van der Waals surface area contributed by atoms with E-state index in [2.05, 4.69) is 33.4 Å². The molecule has 3 heterocycles. The Balaban J connectivity index is 1.76. The smallest absolute Gasteiger partial charge is 0.177 e. The molecular formula is C22H19N5O2. The number of hydrogen-bond acceptors (Lipinski definition) is 7. The molecule has 29 heavy (non-hydrogen) atoms. The van der Waals surface area contributed by atoms with Gasteiger partial charge in [-0.1, -0.05) is 5.92 Å². The van der Waals surface area contributed by atoms with Crippen LogP contribution in [0.5, 0.6) is 5.75 Å². The number of nitriles is 1. The average Bonchev–Trinajstić information content (AvgIpc) is 3.36. The summed E-state index contributed by atoms with van der Waals surface area (Å²) < 4.78 is 5.99. The van der Waals surface area contributed by atoms with Gasteiger partial charge in [0.1, 0.15) is 17.3 Å². The Labute approximate surface area is 168 Å². The summed E-state index contributed by atoms with van der Waals surface area (Å²) in [6.07, 6.45) is 1.74. The second-order valence-electron chi connectivity index (χ2n) is 7.05. The first-order valence-electron chi connectivity index (χ1n) is 9.11. The molecule has 1 aromatic heterocycles. The van der Waals surface area contributed by atoms with E-state index in [1.165, 1.54) is 0 Å². The number of rotatable bonds is 3. The number of nitrogens with one attached hydrogen (secondary N) is 1. The van der Waals surface area contributed by atoms with E-state index in [0.717, 1.165) is 5.56 Å². The largest absolute Gasteiger partial charge is 0.508 e. The molecule has 0 aliphatic carbocycles. The summed E-state index contributed by atoms with van der Waals surface area (Å²) in [6.45, 7) is 0.629. The molecule has 7 heteroatoms. The quantitative estimate of drug-likeness (QED) is 0.792. The van der Waals surface area contributed by atoms with Crippen LogP contribution in [-0.4, -0.2) is 42.7 Å². The SMILES string of the molecule is CN(C)CC#Cc1ccc(C2C(C#N)=C(c3ccc(O)cc3)N=C3NN=CC32)o1. The summed E-state index contributed by atoms with van der Waals surface area (Å²) in [6, 6.07) is 12.6. The Bertz CT molecular complexity index is 1120. The number of allylic oxidation sites excluding steroid dienone is 1. The molecule has 2 aliphatic heterocycles. The fourth-order valence-electron chi connectivity index (χ4n) is 3.33. The van der Waals surface area contributed by atoms with Gasteiger partial charge in [-0.3, -0.25) is 10.3 Å². The predicted molar refractivity (Wildman–Crippen MR) is 110 cm³/mol. The fraction of sp³-hybridized carbons (Fsp3) is 0.227. The van der Waals surface area contributed by atoms with Gasteiger partial charge in [-0.25, -0.2) is 4.99 Å². The lowest BCUT2D eigenvalue weighted by Gasteiger charge is -2.25. The maximum absolute atomic E-state index is 9.97. The van der Waals surface area contributed by atoms with Crippen LogP contribution in [0.1, 0.15) is 23.0 Å². The molecule has 0 bridgehead atoms. The van der Waals surface area contributed by atoms with E-state index in [1.54, 1.807) is 30.5 Å². The normalized spacial score (nSPS) is 19.9. The van der Waals surface area contributed by atoms with Crippen molar-refractivity contribution in [3.05, 3.63) is 59.1 Å². The third-order valence-corrected chi connectivity index (χ3v) is 4.69. The number of hydrazone groups is 1. The molecule has 7 nitrogen and oxygen atoms in total. The molecule has 2 atom stereocenters. The molecule has 0 fully saturated rings. The minimum atomic E-state index is -0.362. The van der Waals surface area contributed by atoms with Crippen molar-refractivity contribution in [2.24, 2.45) is 16.0 Å². The van der Waals surface area contributed by atoms with Gasteiger partial charge in [0.25, 0.3) is 0 Å². The van der Waals surface area contributed by atoms with Gasteiger partial charge in [0, 0.05) is 11.8 Å². The Morgan fingerprint density at radius 1 is 1.21 bits per heavy atom. The maximum atomic E-state index is 9.97. The Morgan fingerprint density at radius 2 is 2.00 bits per heavy atom. The third kappa shape index (κ3) is 3.64. The second-order valence-corrected chi connectivity index (χ2v) is 7.05. The van der Waals surface area contributed by atoms with Crippen LogP contribution >= 0.6 is 0 Å². The molecule has 144 valence electrons. The molecule has 0 amide bonds. The maximum Gasteiger partial charge on any atom is 0.177 e. The molecule has 1 aromatic carbocycles. The van der Waals surface area contributed by atoms with Gasteiger partial charge in [0.05, 0.1) is 35.7 Å². The summed E-state index contributed by atoms with van der Waals surface area (Å²) in [5.74, 6) is 7.49. The third-order valence-electron chi connectivity index (χ3n) is 4.69. The summed E-state index contributed by atoms with van der Waals surface area (Å²) in [5.41, 5.74) is 4.68. The van der Waals surface area contributed by atoms with Crippen LogP contribution < -0.4 is 5.43 Å². The number of benzene rings is 1. The minimum absolute atomic E-state index is 0.153. The van der Waals surface area contributed by atoms with E-state index in [4.69, 9.17) is 4.42 Å².